The molecule has 0 amide bonds. The molecule has 0 saturated heterocycles. The van der Waals surface area contributed by atoms with E-state index in [1.54, 1.807) is 44.2 Å². The maximum absolute atomic E-state index is 13.0. The summed E-state index contributed by atoms with van der Waals surface area (Å²) in [4.78, 5) is 16.3. The second kappa shape index (κ2) is 5.31. The number of halogens is 3. The maximum atomic E-state index is 13.0. The van der Waals surface area contributed by atoms with Gasteiger partial charge in [0.1, 0.15) is 0 Å². The van der Waals surface area contributed by atoms with Gasteiger partial charge < -0.3 is 0 Å². The summed E-state index contributed by atoms with van der Waals surface area (Å²) in [6.07, 6.45) is -2.56. The van der Waals surface area contributed by atoms with Gasteiger partial charge in [-0.25, -0.2) is 0 Å². The van der Waals surface area contributed by atoms with Crippen LogP contribution < -0.4 is 0 Å². The molecule has 0 radical (unpaired) electrons. The van der Waals surface area contributed by atoms with Gasteiger partial charge in [-0.05, 0) is 25.5 Å². The predicted octanol–water partition coefficient (Wildman–Crippen LogP) is 4.26. The van der Waals surface area contributed by atoms with Gasteiger partial charge in [0, 0.05) is 18.0 Å². The van der Waals surface area contributed by atoms with Crippen molar-refractivity contribution in [3.05, 3.63) is 65.5 Å². The summed E-state index contributed by atoms with van der Waals surface area (Å²) < 4.78 is 39.1. The first-order valence-electron chi connectivity index (χ1n) is 6.36. The van der Waals surface area contributed by atoms with Gasteiger partial charge in [-0.2, -0.15) is 13.2 Å². The third-order valence-corrected chi connectivity index (χ3v) is 3.43. The molecule has 2 nitrogen and oxygen atoms in total. The van der Waals surface area contributed by atoms with E-state index < -0.39 is 28.5 Å². The Bertz CT molecular complexity index is 648. The fourth-order valence-electron chi connectivity index (χ4n) is 2.15. The number of aromatic nitrogens is 1. The number of hydrogen-bond acceptors (Lipinski definition) is 2. The van der Waals surface area contributed by atoms with E-state index >= 15 is 0 Å². The molecule has 21 heavy (non-hydrogen) atoms. The van der Waals surface area contributed by atoms with Crippen LogP contribution >= 0.6 is 0 Å². The molecule has 0 bridgehead atoms. The number of carbonyl (C=O) groups excluding carboxylic acids is 1. The van der Waals surface area contributed by atoms with Crippen LogP contribution in [0.5, 0.6) is 0 Å². The Morgan fingerprint density at radius 2 is 1.67 bits per heavy atom. The minimum Gasteiger partial charge on any atom is -0.293 e. The molecule has 1 heterocycles. The molecule has 1 aromatic heterocycles. The van der Waals surface area contributed by atoms with E-state index in [1.807, 2.05) is 0 Å². The largest absolute Gasteiger partial charge is 0.417 e. The van der Waals surface area contributed by atoms with Crippen molar-refractivity contribution in [2.24, 2.45) is 0 Å². The lowest BCUT2D eigenvalue weighted by molar-refractivity contribution is -0.138. The number of carbonyl (C=O) groups is 1. The first-order chi connectivity index (χ1) is 9.74. The number of rotatable bonds is 3. The van der Waals surface area contributed by atoms with E-state index in [9.17, 15) is 18.0 Å². The number of Topliss-reactive ketones (excluding diaryl/α,β-unsaturated/α-hetero) is 1. The summed E-state index contributed by atoms with van der Waals surface area (Å²) in [7, 11) is 0. The Hall–Kier alpha value is -2.17. The Morgan fingerprint density at radius 3 is 2.24 bits per heavy atom. The van der Waals surface area contributed by atoms with Gasteiger partial charge in [0.05, 0.1) is 11.0 Å². The van der Waals surface area contributed by atoms with E-state index in [4.69, 9.17) is 0 Å². The number of pyridine rings is 1. The van der Waals surface area contributed by atoms with Crippen LogP contribution in [-0.4, -0.2) is 10.8 Å². The van der Waals surface area contributed by atoms with Crippen LogP contribution in [0.2, 0.25) is 0 Å². The van der Waals surface area contributed by atoms with Gasteiger partial charge in [0.2, 0.25) is 0 Å². The fourth-order valence-corrected chi connectivity index (χ4v) is 2.15. The van der Waals surface area contributed by atoms with Gasteiger partial charge in [-0.15, -0.1) is 0 Å². The molecule has 0 aliphatic carbocycles. The average Bonchev–Trinajstić information content (AvgIpc) is 2.46. The zero-order valence-electron chi connectivity index (χ0n) is 11.6. The molecule has 0 fully saturated rings. The summed E-state index contributed by atoms with van der Waals surface area (Å²) in [6, 6.07) is 9.56. The van der Waals surface area contributed by atoms with Crippen molar-refractivity contribution in [1.29, 1.82) is 0 Å². The highest BCUT2D eigenvalue weighted by Gasteiger charge is 2.39. The Morgan fingerprint density at radius 1 is 1.05 bits per heavy atom. The van der Waals surface area contributed by atoms with E-state index in [0.29, 0.717) is 5.56 Å². The molecule has 0 aliphatic rings. The second-order valence-electron chi connectivity index (χ2n) is 5.24. The third-order valence-electron chi connectivity index (χ3n) is 3.43. The highest BCUT2D eigenvalue weighted by Crippen LogP contribution is 2.35. The minimum atomic E-state index is -4.58. The quantitative estimate of drug-likeness (QED) is 0.791. The predicted molar refractivity (Wildman–Crippen MR) is 73.0 cm³/mol. The summed E-state index contributed by atoms with van der Waals surface area (Å²) in [6.45, 7) is 3.22. The molecule has 0 saturated carbocycles. The summed E-state index contributed by atoms with van der Waals surface area (Å²) in [5.74, 6) is -0.603. The van der Waals surface area contributed by atoms with Crippen molar-refractivity contribution in [3.63, 3.8) is 0 Å². The third kappa shape index (κ3) is 2.96. The van der Waals surface area contributed by atoms with E-state index in [0.717, 1.165) is 18.5 Å². The van der Waals surface area contributed by atoms with Crippen molar-refractivity contribution in [1.82, 2.24) is 4.98 Å². The molecule has 0 N–H and O–H groups in total. The van der Waals surface area contributed by atoms with Gasteiger partial charge in [0.25, 0.3) is 0 Å². The molecular formula is C16H14F3NO. The SMILES string of the molecule is CC(C)(C(=O)c1cnccc1C(F)(F)F)c1ccccc1. The van der Waals surface area contributed by atoms with Gasteiger partial charge in [-0.3, -0.25) is 9.78 Å². The van der Waals surface area contributed by atoms with Crippen LogP contribution in [0.1, 0.15) is 35.3 Å². The first kappa shape index (κ1) is 15.2. The van der Waals surface area contributed by atoms with E-state index in [2.05, 4.69) is 4.98 Å². The molecule has 2 rings (SSSR count). The summed E-state index contributed by atoms with van der Waals surface area (Å²) in [5.41, 5.74) is -1.76. The second-order valence-corrected chi connectivity index (χ2v) is 5.24. The number of benzene rings is 1. The molecule has 0 atom stereocenters. The smallest absolute Gasteiger partial charge is 0.293 e. The summed E-state index contributed by atoms with van der Waals surface area (Å²) in [5, 5.41) is 0. The number of nitrogens with zero attached hydrogens (tertiary/aromatic N) is 1. The van der Waals surface area contributed by atoms with E-state index in [1.165, 1.54) is 0 Å². The van der Waals surface area contributed by atoms with Crippen molar-refractivity contribution < 1.29 is 18.0 Å². The van der Waals surface area contributed by atoms with Crippen molar-refractivity contribution in [2.75, 3.05) is 0 Å². The van der Waals surface area contributed by atoms with Gasteiger partial charge in [0.15, 0.2) is 5.78 Å². The maximum Gasteiger partial charge on any atom is 0.417 e. The standard InChI is InChI=1S/C16H14F3NO/c1-15(2,11-6-4-3-5-7-11)14(21)12-10-20-9-8-13(12)16(17,18)19/h3-10H,1-2H3. The molecular weight excluding hydrogens is 279 g/mol. The topological polar surface area (TPSA) is 30.0 Å². The van der Waals surface area contributed by atoms with Crippen molar-refractivity contribution >= 4 is 5.78 Å². The molecule has 110 valence electrons. The summed E-state index contributed by atoms with van der Waals surface area (Å²) >= 11 is 0. The number of hydrogen-bond donors (Lipinski definition) is 0. The lowest BCUT2D eigenvalue weighted by Crippen LogP contribution is -2.31. The molecule has 5 heteroatoms. The zero-order valence-corrected chi connectivity index (χ0v) is 11.6. The van der Waals surface area contributed by atoms with Crippen molar-refractivity contribution in [3.8, 4) is 0 Å². The molecule has 1 aromatic carbocycles. The highest BCUT2D eigenvalue weighted by molar-refractivity contribution is 6.04. The lowest BCUT2D eigenvalue weighted by atomic mass is 9.77. The van der Waals surface area contributed by atoms with Crippen LogP contribution in [0.25, 0.3) is 0 Å². The van der Waals surface area contributed by atoms with Crippen molar-refractivity contribution in [2.45, 2.75) is 25.4 Å². The van der Waals surface area contributed by atoms with Gasteiger partial charge in [-0.1, -0.05) is 30.3 Å². The molecule has 2 aromatic rings. The first-order valence-corrected chi connectivity index (χ1v) is 6.36. The molecule has 0 aliphatic heterocycles. The van der Waals surface area contributed by atoms with Gasteiger partial charge >= 0.3 is 6.18 Å². The Labute approximate surface area is 120 Å². The van der Waals surface area contributed by atoms with Crippen LogP contribution in [0.3, 0.4) is 0 Å². The average molecular weight is 293 g/mol. The molecule has 0 unspecified atom stereocenters. The van der Waals surface area contributed by atoms with Crippen LogP contribution in [0.15, 0.2) is 48.8 Å². The minimum absolute atomic E-state index is 0.404. The number of ketones is 1. The van der Waals surface area contributed by atoms with E-state index in [-0.39, 0.29) is 0 Å². The monoisotopic (exact) mass is 293 g/mol. The normalized spacial score (nSPS) is 12.2. The van der Waals surface area contributed by atoms with Crippen LogP contribution in [0.4, 0.5) is 13.2 Å². The zero-order chi connectivity index (χ0) is 15.7. The Kier molecular flexibility index (Phi) is 3.85. The Balaban J connectivity index is 2.51. The van der Waals surface area contributed by atoms with Crippen LogP contribution in [0, 0.1) is 0 Å². The molecule has 0 spiro atoms. The highest BCUT2D eigenvalue weighted by atomic mass is 19.4. The lowest BCUT2D eigenvalue weighted by Gasteiger charge is -2.25. The fraction of sp³-hybridized carbons (Fsp3) is 0.250. The van der Waals surface area contributed by atoms with Crippen LogP contribution in [-0.2, 0) is 11.6 Å². The number of alkyl halides is 3.